The third kappa shape index (κ3) is 7.37. The lowest BCUT2D eigenvalue weighted by Gasteiger charge is -2.22. The van der Waals surface area contributed by atoms with E-state index in [2.05, 4.69) is 10.3 Å². The normalized spacial score (nSPS) is 13.9. The van der Waals surface area contributed by atoms with E-state index in [9.17, 15) is 24.6 Å². The van der Waals surface area contributed by atoms with Gasteiger partial charge in [-0.25, -0.2) is 14.8 Å². The number of carboxylic acids is 1. The van der Waals surface area contributed by atoms with Gasteiger partial charge in [0.1, 0.15) is 10.9 Å². The molecule has 2 heterocycles. The lowest BCUT2D eigenvalue weighted by atomic mass is 10.0. The van der Waals surface area contributed by atoms with Crippen LogP contribution in [-0.4, -0.2) is 44.8 Å². The summed E-state index contributed by atoms with van der Waals surface area (Å²) in [5.41, 5.74) is 4.09. The summed E-state index contributed by atoms with van der Waals surface area (Å²) in [4.78, 5) is 51.0. The third-order valence-corrected chi connectivity index (χ3v) is 9.63. The summed E-state index contributed by atoms with van der Waals surface area (Å²) in [7, 11) is 0. The van der Waals surface area contributed by atoms with Crippen molar-refractivity contribution in [2.75, 3.05) is 16.8 Å². The number of aromatic nitrogens is 1. The monoisotopic (exact) mass is 720 g/mol. The number of phenols is 1. The maximum Gasteiger partial charge on any atom is 0.336 e. The number of nitrogens with one attached hydrogen (secondary N) is 1. The topological polar surface area (TPSA) is 141 Å². The summed E-state index contributed by atoms with van der Waals surface area (Å²) >= 11 is 1.12. The van der Waals surface area contributed by atoms with Gasteiger partial charge in [-0.3, -0.25) is 14.5 Å². The second-order valence-electron chi connectivity index (χ2n) is 11.9. The Morgan fingerprint density at radius 2 is 1.58 bits per heavy atom. The van der Waals surface area contributed by atoms with Gasteiger partial charge in [-0.2, -0.15) is 0 Å². The van der Waals surface area contributed by atoms with Crippen LogP contribution in [0.4, 0.5) is 11.4 Å². The van der Waals surface area contributed by atoms with Gasteiger partial charge in [0.25, 0.3) is 5.91 Å². The number of rotatable bonds is 10. The number of ether oxygens (including phenoxy) is 1. The molecule has 53 heavy (non-hydrogen) atoms. The Morgan fingerprint density at radius 1 is 0.887 bits per heavy atom. The molecule has 10 nitrogen and oxygen atoms in total. The molecule has 262 valence electrons. The zero-order chi connectivity index (χ0) is 36.9. The molecule has 6 aromatic rings. The lowest BCUT2D eigenvalue weighted by molar-refractivity contribution is -0.116. The first-order valence-electron chi connectivity index (χ1n) is 16.7. The van der Waals surface area contributed by atoms with Crippen LogP contribution in [0.1, 0.15) is 33.7 Å². The molecule has 0 radical (unpaired) electrons. The molecular formula is C42H32N4O6S. The smallest absolute Gasteiger partial charge is 0.336 e. The van der Waals surface area contributed by atoms with Crippen LogP contribution in [0.2, 0.25) is 0 Å². The Morgan fingerprint density at radius 3 is 2.30 bits per heavy atom. The zero-order valence-electron chi connectivity index (χ0n) is 28.3. The van der Waals surface area contributed by atoms with Gasteiger partial charge in [0, 0.05) is 22.2 Å². The number of hydrogen-bond acceptors (Lipinski definition) is 8. The molecule has 2 amide bonds. The number of carbonyl (C=O) groups is 3. The van der Waals surface area contributed by atoms with Crippen LogP contribution >= 0.6 is 11.8 Å². The molecule has 1 atom stereocenters. The zero-order valence-corrected chi connectivity index (χ0v) is 29.2. The van der Waals surface area contributed by atoms with Crippen molar-refractivity contribution in [3.05, 3.63) is 156 Å². The number of fused-ring (bicyclic) bond motifs is 1. The number of carbonyl (C=O) groups excluding carboxylic acids is 2. The first-order valence-corrected chi connectivity index (χ1v) is 17.6. The third-order valence-electron chi connectivity index (χ3n) is 8.42. The molecular weight excluding hydrogens is 689 g/mol. The van der Waals surface area contributed by atoms with E-state index in [0.717, 1.165) is 11.8 Å². The van der Waals surface area contributed by atoms with E-state index in [1.807, 2.05) is 55.5 Å². The van der Waals surface area contributed by atoms with Crippen LogP contribution in [0.3, 0.4) is 0 Å². The molecule has 0 saturated carbocycles. The summed E-state index contributed by atoms with van der Waals surface area (Å²) in [6.07, 6.45) is 1.51. The molecule has 3 N–H and O–H groups in total. The average Bonchev–Trinajstić information content (AvgIpc) is 3.49. The highest BCUT2D eigenvalue weighted by Crippen LogP contribution is 2.39. The van der Waals surface area contributed by atoms with E-state index in [0.29, 0.717) is 51.3 Å². The number of anilines is 2. The number of thioether (sulfide) groups is 1. The minimum Gasteiger partial charge on any atom is -0.504 e. The quantitative estimate of drug-likeness (QED) is 0.120. The molecule has 1 aliphatic rings. The van der Waals surface area contributed by atoms with Crippen molar-refractivity contribution in [1.29, 1.82) is 0 Å². The molecule has 7 rings (SSSR count). The Labute approximate surface area is 309 Å². The van der Waals surface area contributed by atoms with Crippen molar-refractivity contribution < 1.29 is 29.3 Å². The number of aromatic hydroxyl groups is 1. The van der Waals surface area contributed by atoms with Crippen LogP contribution in [0.5, 0.6) is 11.5 Å². The first-order chi connectivity index (χ1) is 25.8. The molecule has 0 spiro atoms. The summed E-state index contributed by atoms with van der Waals surface area (Å²) in [6, 6.07) is 38.9. The van der Waals surface area contributed by atoms with Crippen molar-refractivity contribution in [2.45, 2.75) is 12.2 Å². The van der Waals surface area contributed by atoms with Gasteiger partial charge in [0.2, 0.25) is 5.91 Å². The Bertz CT molecular complexity index is 2400. The van der Waals surface area contributed by atoms with Crippen molar-refractivity contribution in [1.82, 2.24) is 4.98 Å². The highest BCUT2D eigenvalue weighted by atomic mass is 32.2. The molecule has 0 aliphatic carbocycles. The second kappa shape index (κ2) is 15.3. The highest BCUT2D eigenvalue weighted by Gasteiger charge is 2.36. The summed E-state index contributed by atoms with van der Waals surface area (Å²) in [6.45, 7) is 2.17. The van der Waals surface area contributed by atoms with Crippen molar-refractivity contribution in [3.63, 3.8) is 0 Å². The second-order valence-corrected chi connectivity index (χ2v) is 13.0. The lowest BCUT2D eigenvalue weighted by Crippen LogP contribution is -2.32. The number of phenolic OH excluding ortho intramolecular Hbond substituents is 1. The fraction of sp³-hybridized carbons (Fsp3) is 0.0714. The minimum atomic E-state index is -1.05. The number of para-hydroxylation sites is 3. The van der Waals surface area contributed by atoms with Crippen molar-refractivity contribution in [2.24, 2.45) is 4.99 Å². The molecule has 1 unspecified atom stereocenters. The van der Waals surface area contributed by atoms with Crippen LogP contribution in [0.25, 0.3) is 28.2 Å². The Hall–Kier alpha value is -6.72. The predicted molar refractivity (Wildman–Crippen MR) is 208 cm³/mol. The number of aliphatic imine (C=N–C) groups is 1. The molecule has 0 saturated heterocycles. The van der Waals surface area contributed by atoms with E-state index in [1.54, 1.807) is 84.9 Å². The van der Waals surface area contributed by atoms with Gasteiger partial charge >= 0.3 is 5.97 Å². The van der Waals surface area contributed by atoms with Crippen LogP contribution in [0.15, 0.2) is 144 Å². The first kappa shape index (κ1) is 34.7. The molecule has 0 fully saturated rings. The number of benzene rings is 5. The summed E-state index contributed by atoms with van der Waals surface area (Å²) in [5, 5.41) is 23.7. The number of nitrogens with zero attached hydrogens (tertiary/aromatic N) is 3. The van der Waals surface area contributed by atoms with Gasteiger partial charge in [0.15, 0.2) is 16.7 Å². The largest absolute Gasteiger partial charge is 0.504 e. The van der Waals surface area contributed by atoms with Crippen molar-refractivity contribution in [3.8, 4) is 22.8 Å². The van der Waals surface area contributed by atoms with Crippen LogP contribution in [0, 0.1) is 0 Å². The van der Waals surface area contributed by atoms with E-state index < -0.39 is 17.1 Å². The van der Waals surface area contributed by atoms with E-state index in [1.165, 1.54) is 11.0 Å². The number of hydrogen-bond donors (Lipinski definition) is 3. The Balaban J connectivity index is 1.20. The van der Waals surface area contributed by atoms with Gasteiger partial charge in [0.05, 0.1) is 29.1 Å². The fourth-order valence-corrected chi connectivity index (χ4v) is 7.01. The number of aromatic carboxylic acids is 1. The standard InChI is InChI=1S/C42H32N4O6S/c1-2-52-36-19-11-14-28(37(36)47)24-35-40(49)46(30-15-7-4-8-16-30)42(45-35)53-38(27-12-5-3-6-13-27)39(48)43-29-22-20-26(21-23-29)34-25-32(41(50)51)31-17-9-10-18-33(31)44-34/h3-25,38,47H,2H2,1H3,(H,43,48)(H,50,51)/b35-24-. The number of pyridine rings is 1. The maximum absolute atomic E-state index is 14.1. The van der Waals surface area contributed by atoms with Crippen molar-refractivity contribution >= 4 is 63.1 Å². The predicted octanol–water partition coefficient (Wildman–Crippen LogP) is 8.56. The van der Waals surface area contributed by atoms with Crippen LogP contribution < -0.4 is 15.0 Å². The molecule has 1 aromatic heterocycles. The molecule has 0 bridgehead atoms. The number of amides is 2. The van der Waals surface area contributed by atoms with E-state index in [4.69, 9.17) is 9.73 Å². The average molecular weight is 721 g/mol. The summed E-state index contributed by atoms with van der Waals surface area (Å²) in [5.74, 6) is -1.64. The molecule has 11 heteroatoms. The SMILES string of the molecule is CCOc1cccc(/C=C2\N=C(SC(C(=O)Nc3ccc(-c4cc(C(=O)O)c5ccccc5n4)cc3)c3ccccc3)N(c3ccccc3)C2=O)c1O. The van der Waals surface area contributed by atoms with E-state index >= 15 is 0 Å². The van der Waals surface area contributed by atoms with E-state index in [-0.39, 0.29) is 33.8 Å². The van der Waals surface area contributed by atoms with Gasteiger partial charge in [-0.1, -0.05) is 103 Å². The molecule has 1 aliphatic heterocycles. The van der Waals surface area contributed by atoms with Crippen LogP contribution in [-0.2, 0) is 9.59 Å². The van der Waals surface area contributed by atoms with Gasteiger partial charge in [-0.15, -0.1) is 0 Å². The Kier molecular flexibility index (Phi) is 9.99. The summed E-state index contributed by atoms with van der Waals surface area (Å²) < 4.78 is 5.53. The maximum atomic E-state index is 14.1. The number of amidine groups is 1. The number of carboxylic acid groups (broad SMARTS) is 1. The molecule has 5 aromatic carbocycles. The minimum absolute atomic E-state index is 0.0801. The fourth-order valence-electron chi connectivity index (χ4n) is 5.89. The highest BCUT2D eigenvalue weighted by molar-refractivity contribution is 8.15. The van der Waals surface area contributed by atoms with Gasteiger partial charge < -0.3 is 20.3 Å². The van der Waals surface area contributed by atoms with Gasteiger partial charge in [-0.05, 0) is 61.0 Å².